The lowest BCUT2D eigenvalue weighted by Gasteiger charge is -1.76. The van der Waals surface area contributed by atoms with Crippen molar-refractivity contribution in [3.8, 4) is 0 Å². The van der Waals surface area contributed by atoms with E-state index < -0.39 is 0 Å². The summed E-state index contributed by atoms with van der Waals surface area (Å²) >= 11 is 0. The summed E-state index contributed by atoms with van der Waals surface area (Å²) in [4.78, 5) is 0. The molecule has 13 heavy (non-hydrogen) atoms. The SMILES string of the molecule is C=CC=C(C)C.C=CN.CC.CC. The summed E-state index contributed by atoms with van der Waals surface area (Å²) in [6.07, 6.45) is 5.01. The minimum Gasteiger partial charge on any atom is -0.405 e. The van der Waals surface area contributed by atoms with E-state index >= 15 is 0 Å². The van der Waals surface area contributed by atoms with Gasteiger partial charge in [0.2, 0.25) is 0 Å². The fourth-order valence-corrected chi connectivity index (χ4v) is 0.236. The Labute approximate surface area is 85.0 Å². The van der Waals surface area contributed by atoms with E-state index in [1.54, 1.807) is 6.08 Å². The van der Waals surface area contributed by atoms with Crippen LogP contribution in [-0.4, -0.2) is 0 Å². The lowest BCUT2D eigenvalue weighted by molar-refractivity contribution is 1.40. The van der Waals surface area contributed by atoms with Gasteiger partial charge in [0.15, 0.2) is 0 Å². The molecule has 1 nitrogen and oxygen atoms in total. The summed E-state index contributed by atoms with van der Waals surface area (Å²) in [7, 11) is 0. The molecule has 0 aromatic heterocycles. The summed E-state index contributed by atoms with van der Waals surface area (Å²) < 4.78 is 0. The molecule has 0 aromatic rings. The van der Waals surface area contributed by atoms with Crippen molar-refractivity contribution >= 4 is 0 Å². The van der Waals surface area contributed by atoms with E-state index in [-0.39, 0.29) is 0 Å². The van der Waals surface area contributed by atoms with Crippen molar-refractivity contribution in [2.75, 3.05) is 0 Å². The van der Waals surface area contributed by atoms with E-state index in [9.17, 15) is 0 Å². The van der Waals surface area contributed by atoms with Gasteiger partial charge in [-0.25, -0.2) is 0 Å². The van der Waals surface area contributed by atoms with Gasteiger partial charge in [0.1, 0.15) is 0 Å². The summed E-state index contributed by atoms with van der Waals surface area (Å²) in [6.45, 7) is 18.8. The molecule has 0 aliphatic heterocycles. The maximum Gasteiger partial charge on any atom is -0.0136 e. The van der Waals surface area contributed by atoms with Crippen LogP contribution in [0.5, 0.6) is 0 Å². The number of nitrogens with two attached hydrogens (primary N) is 1. The van der Waals surface area contributed by atoms with Crippen LogP contribution >= 0.6 is 0 Å². The van der Waals surface area contributed by atoms with Gasteiger partial charge in [-0.3, -0.25) is 0 Å². The average Bonchev–Trinajstić information content (AvgIpc) is 2.12. The first-order valence-electron chi connectivity index (χ1n) is 4.77. The molecule has 0 amide bonds. The molecule has 0 radical (unpaired) electrons. The maximum absolute atomic E-state index is 4.61. The highest BCUT2D eigenvalue weighted by Gasteiger charge is 1.63. The van der Waals surface area contributed by atoms with Gasteiger partial charge < -0.3 is 5.73 Å². The van der Waals surface area contributed by atoms with Gasteiger partial charge >= 0.3 is 0 Å². The lowest BCUT2D eigenvalue weighted by Crippen LogP contribution is -1.67. The van der Waals surface area contributed by atoms with Crippen molar-refractivity contribution < 1.29 is 0 Å². The predicted molar refractivity (Wildman–Crippen MR) is 66.7 cm³/mol. The van der Waals surface area contributed by atoms with Gasteiger partial charge in [-0.2, -0.15) is 0 Å². The largest absolute Gasteiger partial charge is 0.405 e. The first kappa shape index (κ1) is 22.7. The highest BCUT2D eigenvalue weighted by Crippen LogP contribution is 1.85. The van der Waals surface area contributed by atoms with Crippen molar-refractivity contribution in [2.24, 2.45) is 5.73 Å². The summed E-state index contributed by atoms with van der Waals surface area (Å²) in [5, 5.41) is 0. The Bertz CT molecular complexity index is 97.7. The van der Waals surface area contributed by atoms with Crippen molar-refractivity contribution in [2.45, 2.75) is 41.5 Å². The van der Waals surface area contributed by atoms with E-state index in [1.165, 1.54) is 11.8 Å². The second-order valence-electron chi connectivity index (χ2n) is 1.72. The minimum atomic E-state index is 1.25. The van der Waals surface area contributed by atoms with Gasteiger partial charge in [-0.15, -0.1) is 0 Å². The molecule has 80 valence electrons. The second kappa shape index (κ2) is 43.9. The van der Waals surface area contributed by atoms with E-state index in [1.807, 2.05) is 47.6 Å². The molecule has 0 atom stereocenters. The van der Waals surface area contributed by atoms with E-state index in [2.05, 4.69) is 18.9 Å². The van der Waals surface area contributed by atoms with Crippen LogP contribution in [0.3, 0.4) is 0 Å². The van der Waals surface area contributed by atoms with Gasteiger partial charge in [-0.1, -0.05) is 58.6 Å². The van der Waals surface area contributed by atoms with Crippen molar-refractivity contribution in [1.82, 2.24) is 0 Å². The normalized spacial score (nSPS) is 5.08. The molecule has 1 heteroatoms. The smallest absolute Gasteiger partial charge is 0.0136 e. The molecule has 0 fully saturated rings. The number of rotatable bonds is 1. The average molecular weight is 185 g/mol. The fraction of sp³-hybridized carbons (Fsp3) is 0.500. The van der Waals surface area contributed by atoms with Crippen LogP contribution in [0.2, 0.25) is 0 Å². The molecule has 0 aromatic carbocycles. The van der Waals surface area contributed by atoms with Crippen LogP contribution in [0.1, 0.15) is 41.5 Å². The molecular formula is C12H27N. The summed E-state index contributed by atoms with van der Waals surface area (Å²) in [5.74, 6) is 0. The lowest BCUT2D eigenvalue weighted by atomic mass is 10.3. The minimum absolute atomic E-state index is 1.25. The number of hydrogen-bond acceptors (Lipinski definition) is 1. The second-order valence-corrected chi connectivity index (χ2v) is 1.72. The van der Waals surface area contributed by atoms with Crippen LogP contribution in [0.25, 0.3) is 0 Å². The first-order valence-corrected chi connectivity index (χ1v) is 4.77. The van der Waals surface area contributed by atoms with Gasteiger partial charge in [0.05, 0.1) is 0 Å². The zero-order valence-corrected chi connectivity index (χ0v) is 10.2. The van der Waals surface area contributed by atoms with Crippen LogP contribution in [0.15, 0.2) is 37.1 Å². The molecule has 0 bridgehead atoms. The van der Waals surface area contributed by atoms with Crippen LogP contribution in [0, 0.1) is 0 Å². The molecule has 0 saturated carbocycles. The molecule has 0 rings (SSSR count). The molecule has 0 unspecified atom stereocenters. The van der Waals surface area contributed by atoms with Gasteiger partial charge in [0.25, 0.3) is 0 Å². The van der Waals surface area contributed by atoms with E-state index in [0.717, 1.165) is 0 Å². The fourth-order valence-electron chi connectivity index (χ4n) is 0.236. The Morgan fingerprint density at radius 2 is 1.23 bits per heavy atom. The monoisotopic (exact) mass is 185 g/mol. The van der Waals surface area contributed by atoms with Crippen molar-refractivity contribution in [3.63, 3.8) is 0 Å². The Kier molecular flexibility index (Phi) is 76.6. The van der Waals surface area contributed by atoms with Gasteiger partial charge in [-0.05, 0) is 20.0 Å². The molecular weight excluding hydrogens is 158 g/mol. The third-order valence-corrected chi connectivity index (χ3v) is 0.451. The molecule has 0 spiro atoms. The zero-order chi connectivity index (χ0) is 11.7. The van der Waals surface area contributed by atoms with Crippen molar-refractivity contribution in [1.29, 1.82) is 0 Å². The third-order valence-electron chi connectivity index (χ3n) is 0.451. The molecule has 2 N–H and O–H groups in total. The quantitative estimate of drug-likeness (QED) is 0.606. The highest BCUT2D eigenvalue weighted by molar-refractivity contribution is 5.04. The van der Waals surface area contributed by atoms with Crippen LogP contribution in [-0.2, 0) is 0 Å². The molecule has 0 aliphatic rings. The van der Waals surface area contributed by atoms with Crippen molar-refractivity contribution in [3.05, 3.63) is 37.1 Å². The topological polar surface area (TPSA) is 26.0 Å². The van der Waals surface area contributed by atoms with Crippen LogP contribution < -0.4 is 5.73 Å². The first-order chi connectivity index (χ1) is 6.18. The third kappa shape index (κ3) is 220. The zero-order valence-electron chi connectivity index (χ0n) is 10.2. The standard InChI is InChI=1S/C6H10.C2H5N.2C2H6/c1-4-5-6(2)3;1-2-3;2*1-2/h4-5H,1H2,2-3H3;2H,1,3H2;2*1-2H3. The molecule has 0 heterocycles. The highest BCUT2D eigenvalue weighted by atomic mass is 14.5. The predicted octanol–water partition coefficient (Wildman–Crippen LogP) is 4.28. The summed E-state index contributed by atoms with van der Waals surface area (Å²) in [6, 6.07) is 0. The Morgan fingerprint density at radius 1 is 1.00 bits per heavy atom. The van der Waals surface area contributed by atoms with E-state index in [0.29, 0.717) is 0 Å². The Hall–Kier alpha value is -0.980. The number of hydrogen-bond donors (Lipinski definition) is 1. The Balaban J connectivity index is -0.0000000493. The number of allylic oxidation sites excluding steroid dienone is 3. The molecule has 0 aliphatic carbocycles. The Morgan fingerprint density at radius 3 is 1.23 bits per heavy atom. The molecule has 0 saturated heterocycles. The van der Waals surface area contributed by atoms with Gasteiger partial charge in [0, 0.05) is 0 Å². The summed E-state index contributed by atoms with van der Waals surface area (Å²) in [5.41, 5.74) is 5.91. The maximum atomic E-state index is 4.61. The van der Waals surface area contributed by atoms with Crippen LogP contribution in [0.4, 0.5) is 0 Å². The van der Waals surface area contributed by atoms with E-state index in [4.69, 9.17) is 0 Å².